The fraction of sp³-hybridized carbons (Fsp3) is 0.688. The first-order valence-corrected chi connectivity index (χ1v) is 7.55. The number of rotatable bonds is 5. The third-order valence-electron chi connectivity index (χ3n) is 3.21. The van der Waals surface area contributed by atoms with E-state index in [-0.39, 0.29) is 25.4 Å². The van der Waals surface area contributed by atoms with Gasteiger partial charge in [-0.2, -0.15) is 0 Å². The first-order chi connectivity index (χ1) is 10.7. The second kappa shape index (κ2) is 7.99. The average Bonchev–Trinajstić information content (AvgIpc) is 2.86. The molecule has 1 amide bonds. The lowest BCUT2D eigenvalue weighted by atomic mass is 10.2. The first-order valence-electron chi connectivity index (χ1n) is 7.55. The monoisotopic (exact) mass is 327 g/mol. The smallest absolute Gasteiger partial charge is 0.411 e. The van der Waals surface area contributed by atoms with E-state index in [9.17, 15) is 14.4 Å². The van der Waals surface area contributed by atoms with Gasteiger partial charge in [-0.25, -0.2) is 9.59 Å². The molecular weight excluding hydrogens is 302 g/mol. The van der Waals surface area contributed by atoms with E-state index in [1.54, 1.807) is 26.8 Å². The summed E-state index contributed by atoms with van der Waals surface area (Å²) in [6, 6.07) is -0.813. The Balaban J connectivity index is 2.74. The fourth-order valence-electron chi connectivity index (χ4n) is 2.23. The van der Waals surface area contributed by atoms with Crippen LogP contribution in [0.1, 0.15) is 40.0 Å². The SMILES string of the molecule is C=CCCC(=O)O[C@@H]1CC(C(=O)OC)N(C(=O)OC(C)(C)C)C1. The van der Waals surface area contributed by atoms with Gasteiger partial charge in [-0.1, -0.05) is 6.08 Å². The van der Waals surface area contributed by atoms with Gasteiger partial charge in [0.15, 0.2) is 0 Å². The average molecular weight is 327 g/mol. The molecule has 23 heavy (non-hydrogen) atoms. The van der Waals surface area contributed by atoms with Crippen molar-refractivity contribution >= 4 is 18.0 Å². The van der Waals surface area contributed by atoms with Gasteiger partial charge in [-0.15, -0.1) is 6.58 Å². The van der Waals surface area contributed by atoms with Crippen LogP contribution in [0.15, 0.2) is 12.7 Å². The first kappa shape index (κ1) is 19.0. The summed E-state index contributed by atoms with van der Waals surface area (Å²) in [5, 5.41) is 0. The summed E-state index contributed by atoms with van der Waals surface area (Å²) in [5.41, 5.74) is -0.684. The number of amides is 1. The van der Waals surface area contributed by atoms with Crippen molar-refractivity contribution in [2.24, 2.45) is 0 Å². The lowest BCUT2D eigenvalue weighted by Crippen LogP contribution is -2.44. The van der Waals surface area contributed by atoms with Gasteiger partial charge < -0.3 is 14.2 Å². The number of ether oxygens (including phenoxy) is 3. The molecule has 0 aromatic carbocycles. The zero-order valence-corrected chi connectivity index (χ0v) is 14.2. The largest absolute Gasteiger partial charge is 0.467 e. The molecule has 1 heterocycles. The summed E-state index contributed by atoms with van der Waals surface area (Å²) in [7, 11) is 1.25. The van der Waals surface area contributed by atoms with Crippen LogP contribution in [0.4, 0.5) is 4.79 Å². The van der Waals surface area contributed by atoms with Crippen molar-refractivity contribution in [3.63, 3.8) is 0 Å². The van der Waals surface area contributed by atoms with Gasteiger partial charge in [0.1, 0.15) is 17.7 Å². The minimum atomic E-state index is -0.813. The third-order valence-corrected chi connectivity index (χ3v) is 3.21. The third kappa shape index (κ3) is 5.92. The molecule has 1 fully saturated rings. The molecule has 7 heteroatoms. The molecular formula is C16H25NO6. The molecule has 0 spiro atoms. The quantitative estimate of drug-likeness (QED) is 0.437. The fourth-order valence-corrected chi connectivity index (χ4v) is 2.23. The summed E-state index contributed by atoms with van der Waals surface area (Å²) in [4.78, 5) is 37.1. The Bertz CT molecular complexity index is 468. The highest BCUT2D eigenvalue weighted by Gasteiger charge is 2.43. The number of esters is 2. The van der Waals surface area contributed by atoms with Crippen molar-refractivity contribution in [2.75, 3.05) is 13.7 Å². The summed E-state index contributed by atoms with van der Waals surface area (Å²) in [5.74, 6) is -0.940. The molecule has 7 nitrogen and oxygen atoms in total. The lowest BCUT2D eigenvalue weighted by Gasteiger charge is -2.27. The van der Waals surface area contributed by atoms with Crippen LogP contribution in [0.5, 0.6) is 0 Å². The normalized spacial score (nSPS) is 20.8. The van der Waals surface area contributed by atoms with Crippen molar-refractivity contribution in [1.29, 1.82) is 0 Å². The predicted octanol–water partition coefficient (Wildman–Crippen LogP) is 2.05. The predicted molar refractivity (Wildman–Crippen MR) is 82.7 cm³/mol. The van der Waals surface area contributed by atoms with Gasteiger partial charge in [0.2, 0.25) is 0 Å². The number of allylic oxidation sites excluding steroid dienone is 1. The second-order valence-corrected chi connectivity index (χ2v) is 6.35. The Hall–Kier alpha value is -2.05. The Morgan fingerprint density at radius 3 is 2.48 bits per heavy atom. The molecule has 1 unspecified atom stereocenters. The van der Waals surface area contributed by atoms with E-state index in [0.29, 0.717) is 6.42 Å². The van der Waals surface area contributed by atoms with E-state index in [2.05, 4.69) is 6.58 Å². The Labute approximate surface area is 136 Å². The topological polar surface area (TPSA) is 82.1 Å². The molecule has 2 atom stereocenters. The van der Waals surface area contributed by atoms with Gasteiger partial charge in [0.05, 0.1) is 13.7 Å². The van der Waals surface area contributed by atoms with Crippen LogP contribution in [0, 0.1) is 0 Å². The summed E-state index contributed by atoms with van der Waals surface area (Å²) >= 11 is 0. The van der Waals surface area contributed by atoms with Crippen LogP contribution in [0.25, 0.3) is 0 Å². The highest BCUT2D eigenvalue weighted by Crippen LogP contribution is 2.24. The summed E-state index contributed by atoms with van der Waals surface area (Å²) in [6.45, 7) is 8.86. The van der Waals surface area contributed by atoms with E-state index >= 15 is 0 Å². The molecule has 0 saturated carbocycles. The van der Waals surface area contributed by atoms with Crippen molar-refractivity contribution in [1.82, 2.24) is 4.90 Å². The van der Waals surface area contributed by atoms with Crippen molar-refractivity contribution in [2.45, 2.75) is 57.8 Å². The van der Waals surface area contributed by atoms with Gasteiger partial charge in [0.25, 0.3) is 0 Å². The number of nitrogens with zero attached hydrogens (tertiary/aromatic N) is 1. The zero-order valence-electron chi connectivity index (χ0n) is 14.2. The van der Waals surface area contributed by atoms with Gasteiger partial charge >= 0.3 is 18.0 Å². The second-order valence-electron chi connectivity index (χ2n) is 6.35. The molecule has 1 rings (SSSR count). The van der Waals surface area contributed by atoms with E-state index < -0.39 is 29.8 Å². The summed E-state index contributed by atoms with van der Waals surface area (Å²) in [6.07, 6.45) is 1.38. The maximum Gasteiger partial charge on any atom is 0.411 e. The summed E-state index contributed by atoms with van der Waals surface area (Å²) < 4.78 is 15.3. The van der Waals surface area contributed by atoms with Crippen molar-refractivity contribution in [3.8, 4) is 0 Å². The lowest BCUT2D eigenvalue weighted by molar-refractivity contribution is -0.149. The van der Waals surface area contributed by atoms with E-state index in [0.717, 1.165) is 0 Å². The molecule has 0 N–H and O–H groups in total. The maximum absolute atomic E-state index is 12.2. The molecule has 0 aromatic heterocycles. The number of carbonyl (C=O) groups is 3. The molecule has 0 radical (unpaired) electrons. The molecule has 0 bridgehead atoms. The van der Waals surface area contributed by atoms with Crippen LogP contribution < -0.4 is 0 Å². The van der Waals surface area contributed by atoms with Gasteiger partial charge in [0, 0.05) is 12.8 Å². The van der Waals surface area contributed by atoms with Crippen molar-refractivity contribution < 1.29 is 28.6 Å². The van der Waals surface area contributed by atoms with E-state index in [4.69, 9.17) is 14.2 Å². The van der Waals surface area contributed by atoms with Crippen LogP contribution >= 0.6 is 0 Å². The molecule has 0 aliphatic carbocycles. The van der Waals surface area contributed by atoms with E-state index in [1.807, 2.05) is 0 Å². The van der Waals surface area contributed by atoms with E-state index in [1.165, 1.54) is 12.0 Å². The van der Waals surface area contributed by atoms with Gasteiger partial charge in [-0.3, -0.25) is 9.69 Å². The minimum absolute atomic E-state index is 0.106. The Morgan fingerprint density at radius 2 is 1.96 bits per heavy atom. The Kier molecular flexibility index (Phi) is 6.60. The van der Waals surface area contributed by atoms with Crippen LogP contribution in [0.2, 0.25) is 0 Å². The Morgan fingerprint density at radius 1 is 1.30 bits per heavy atom. The van der Waals surface area contributed by atoms with Crippen molar-refractivity contribution in [3.05, 3.63) is 12.7 Å². The maximum atomic E-state index is 12.2. The minimum Gasteiger partial charge on any atom is -0.467 e. The highest BCUT2D eigenvalue weighted by atomic mass is 16.6. The standard InChI is InChI=1S/C16H25NO6/c1-6-7-8-13(18)22-11-9-12(14(19)21-5)17(10-11)15(20)23-16(2,3)4/h6,11-12H,1,7-10H2,2-5H3/t11-,12?/m1/s1. The number of hydrogen-bond donors (Lipinski definition) is 0. The molecule has 0 aromatic rings. The molecule has 1 aliphatic heterocycles. The number of methoxy groups -OCH3 is 1. The highest BCUT2D eigenvalue weighted by molar-refractivity contribution is 5.82. The zero-order chi connectivity index (χ0) is 17.6. The van der Waals surface area contributed by atoms with Crippen LogP contribution in [-0.4, -0.2) is 54.3 Å². The number of hydrogen-bond acceptors (Lipinski definition) is 6. The number of carbonyl (C=O) groups excluding carboxylic acids is 3. The molecule has 1 aliphatic rings. The van der Waals surface area contributed by atoms with Crippen LogP contribution in [0.3, 0.4) is 0 Å². The number of likely N-dealkylation sites (tertiary alicyclic amines) is 1. The molecule has 130 valence electrons. The van der Waals surface area contributed by atoms with Gasteiger partial charge in [-0.05, 0) is 27.2 Å². The molecule has 1 saturated heterocycles. The van der Waals surface area contributed by atoms with Crippen LogP contribution in [-0.2, 0) is 23.8 Å².